The summed E-state index contributed by atoms with van der Waals surface area (Å²) in [6, 6.07) is 7.27. The third kappa shape index (κ3) is 6.15. The van der Waals surface area contributed by atoms with Crippen LogP contribution in [0.2, 0.25) is 0 Å². The zero-order valence-corrected chi connectivity index (χ0v) is 15.7. The number of phenolic OH excluding ortho intramolecular Hbond substituents is 1. The van der Waals surface area contributed by atoms with Crippen LogP contribution in [0, 0.1) is 5.92 Å². The minimum absolute atomic E-state index is 0.0667. The van der Waals surface area contributed by atoms with E-state index in [1.807, 2.05) is 13.8 Å². The molecule has 28 heavy (non-hydrogen) atoms. The lowest BCUT2D eigenvalue weighted by atomic mass is 9.98. The van der Waals surface area contributed by atoms with Crippen LogP contribution in [-0.2, 0) is 11.2 Å². The van der Waals surface area contributed by atoms with Crippen molar-refractivity contribution in [3.05, 3.63) is 54.0 Å². The number of amides is 2. The van der Waals surface area contributed by atoms with Gasteiger partial charge in [0.1, 0.15) is 11.8 Å². The van der Waals surface area contributed by atoms with Crippen molar-refractivity contribution in [1.29, 1.82) is 0 Å². The Morgan fingerprint density at radius 1 is 1.04 bits per heavy atom. The standard InChI is InChI=1S/C20H24N2O6/c1-12(2)10-15(18(24)17-4-3-9-28-17)21-19(25)16(22-20(26)27)11-13-5-7-14(23)8-6-13/h3-9,12,15-16,22-23H,10-11H2,1-2H3,(H,21,25)(H,26,27)/t15-,16-/m0/s1. The smallest absolute Gasteiger partial charge is 0.405 e. The number of ketones is 1. The maximum atomic E-state index is 12.7. The van der Waals surface area contributed by atoms with Gasteiger partial charge in [-0.15, -0.1) is 0 Å². The molecule has 8 nitrogen and oxygen atoms in total. The van der Waals surface area contributed by atoms with E-state index in [4.69, 9.17) is 9.52 Å². The van der Waals surface area contributed by atoms with Gasteiger partial charge in [0.05, 0.1) is 12.3 Å². The minimum atomic E-state index is -1.35. The van der Waals surface area contributed by atoms with Crippen LogP contribution in [0.4, 0.5) is 4.79 Å². The zero-order valence-electron chi connectivity index (χ0n) is 15.7. The highest BCUT2D eigenvalue weighted by Crippen LogP contribution is 2.14. The molecule has 4 N–H and O–H groups in total. The van der Waals surface area contributed by atoms with E-state index in [9.17, 15) is 19.5 Å². The summed E-state index contributed by atoms with van der Waals surface area (Å²) < 4.78 is 5.14. The largest absolute Gasteiger partial charge is 0.508 e. The molecule has 0 saturated carbocycles. The van der Waals surface area contributed by atoms with Crippen LogP contribution in [-0.4, -0.2) is 40.1 Å². The fourth-order valence-corrected chi connectivity index (χ4v) is 2.79. The van der Waals surface area contributed by atoms with Gasteiger partial charge in [-0.25, -0.2) is 4.79 Å². The average molecular weight is 388 g/mol. The topological polar surface area (TPSA) is 129 Å². The fourth-order valence-electron chi connectivity index (χ4n) is 2.79. The molecule has 0 unspecified atom stereocenters. The maximum absolute atomic E-state index is 12.7. The summed E-state index contributed by atoms with van der Waals surface area (Å²) in [4.78, 5) is 36.5. The number of rotatable bonds is 9. The van der Waals surface area contributed by atoms with E-state index in [0.29, 0.717) is 12.0 Å². The SMILES string of the molecule is CC(C)C[C@H](NC(=O)[C@H](Cc1ccc(O)cc1)NC(=O)O)C(=O)c1ccco1. The van der Waals surface area contributed by atoms with E-state index in [1.165, 1.54) is 24.5 Å². The zero-order chi connectivity index (χ0) is 20.7. The third-order valence-electron chi connectivity index (χ3n) is 4.09. The molecule has 0 saturated heterocycles. The third-order valence-corrected chi connectivity index (χ3v) is 4.09. The highest BCUT2D eigenvalue weighted by Gasteiger charge is 2.29. The number of furan rings is 1. The molecule has 0 aliphatic carbocycles. The van der Waals surface area contributed by atoms with Crippen LogP contribution in [0.3, 0.4) is 0 Å². The molecule has 8 heteroatoms. The monoisotopic (exact) mass is 388 g/mol. The van der Waals surface area contributed by atoms with Crippen molar-refractivity contribution >= 4 is 17.8 Å². The summed E-state index contributed by atoms with van der Waals surface area (Å²) in [5, 5.41) is 23.3. The van der Waals surface area contributed by atoms with Gasteiger partial charge in [0.2, 0.25) is 11.7 Å². The van der Waals surface area contributed by atoms with Crippen molar-refractivity contribution in [2.24, 2.45) is 5.92 Å². The van der Waals surface area contributed by atoms with Crippen molar-refractivity contribution in [2.45, 2.75) is 38.8 Å². The number of phenols is 1. The summed E-state index contributed by atoms with van der Waals surface area (Å²) >= 11 is 0. The molecule has 0 fully saturated rings. The fraction of sp³-hybridized carbons (Fsp3) is 0.350. The summed E-state index contributed by atoms with van der Waals surface area (Å²) in [6.07, 6.45) is 0.476. The number of hydrogen-bond donors (Lipinski definition) is 4. The predicted molar refractivity (Wildman–Crippen MR) is 101 cm³/mol. The first-order chi connectivity index (χ1) is 13.3. The Morgan fingerprint density at radius 2 is 1.71 bits per heavy atom. The molecule has 0 spiro atoms. The lowest BCUT2D eigenvalue weighted by molar-refractivity contribution is -0.123. The molecule has 0 aliphatic rings. The number of carbonyl (C=O) groups is 3. The molecule has 2 aromatic rings. The lowest BCUT2D eigenvalue weighted by Gasteiger charge is -2.23. The lowest BCUT2D eigenvalue weighted by Crippen LogP contribution is -2.52. The number of carbonyl (C=O) groups excluding carboxylic acids is 2. The van der Waals surface area contributed by atoms with Gasteiger partial charge in [-0.05, 0) is 42.2 Å². The van der Waals surface area contributed by atoms with Gasteiger partial charge in [0.15, 0.2) is 5.76 Å². The quantitative estimate of drug-likeness (QED) is 0.489. The maximum Gasteiger partial charge on any atom is 0.405 e. The second-order valence-corrected chi connectivity index (χ2v) is 6.90. The first-order valence-corrected chi connectivity index (χ1v) is 8.91. The van der Waals surface area contributed by atoms with Crippen LogP contribution in [0.1, 0.15) is 36.4 Å². The molecule has 1 aromatic heterocycles. The molecule has 0 bridgehead atoms. The van der Waals surface area contributed by atoms with Crippen molar-refractivity contribution < 1.29 is 29.0 Å². The second-order valence-electron chi connectivity index (χ2n) is 6.90. The molecule has 2 atom stereocenters. The summed E-state index contributed by atoms with van der Waals surface area (Å²) in [5.74, 6) is -0.664. The van der Waals surface area contributed by atoms with Crippen LogP contribution in [0.5, 0.6) is 5.75 Å². The molecule has 2 amide bonds. The molecule has 150 valence electrons. The summed E-state index contributed by atoms with van der Waals surface area (Å²) in [5.41, 5.74) is 0.657. The first-order valence-electron chi connectivity index (χ1n) is 8.91. The Hall–Kier alpha value is -3.29. The van der Waals surface area contributed by atoms with Crippen molar-refractivity contribution in [2.75, 3.05) is 0 Å². The van der Waals surface area contributed by atoms with E-state index in [0.717, 1.165) is 0 Å². The Labute approximate surface area is 162 Å². The number of aromatic hydroxyl groups is 1. The van der Waals surface area contributed by atoms with Crippen LogP contribution >= 0.6 is 0 Å². The first kappa shape index (κ1) is 21.0. The molecular formula is C20H24N2O6. The molecule has 2 rings (SSSR count). The number of hydrogen-bond acceptors (Lipinski definition) is 5. The van der Waals surface area contributed by atoms with Gasteiger partial charge in [-0.3, -0.25) is 9.59 Å². The molecule has 0 aliphatic heterocycles. The van der Waals surface area contributed by atoms with Crippen molar-refractivity contribution in [1.82, 2.24) is 10.6 Å². The summed E-state index contributed by atoms with van der Waals surface area (Å²) in [6.45, 7) is 3.83. The predicted octanol–water partition coefficient (Wildman–Crippen LogP) is 2.58. The Balaban J connectivity index is 2.16. The Morgan fingerprint density at radius 3 is 2.25 bits per heavy atom. The van der Waals surface area contributed by atoms with Crippen LogP contribution < -0.4 is 10.6 Å². The van der Waals surface area contributed by atoms with Gasteiger partial charge in [0, 0.05) is 6.42 Å². The number of benzene rings is 1. The van der Waals surface area contributed by atoms with Gasteiger partial charge in [-0.2, -0.15) is 0 Å². The van der Waals surface area contributed by atoms with E-state index >= 15 is 0 Å². The molecular weight excluding hydrogens is 364 g/mol. The Kier molecular flexibility index (Phi) is 7.20. The van der Waals surface area contributed by atoms with E-state index in [1.54, 1.807) is 18.2 Å². The number of Topliss-reactive ketones (excluding diaryl/α,β-unsaturated/α-hetero) is 1. The normalized spacial score (nSPS) is 13.0. The summed E-state index contributed by atoms with van der Waals surface area (Å²) in [7, 11) is 0. The Bertz CT molecular complexity index is 799. The highest BCUT2D eigenvalue weighted by molar-refractivity contribution is 6.00. The molecule has 0 radical (unpaired) electrons. The van der Waals surface area contributed by atoms with E-state index in [-0.39, 0.29) is 29.6 Å². The van der Waals surface area contributed by atoms with Crippen molar-refractivity contribution in [3.8, 4) is 5.75 Å². The molecule has 1 aromatic carbocycles. The van der Waals surface area contributed by atoms with Gasteiger partial charge in [-0.1, -0.05) is 26.0 Å². The second kappa shape index (κ2) is 9.59. The number of nitrogens with one attached hydrogen (secondary N) is 2. The number of carboxylic acid groups (broad SMARTS) is 1. The van der Waals surface area contributed by atoms with Crippen molar-refractivity contribution in [3.63, 3.8) is 0 Å². The highest BCUT2D eigenvalue weighted by atomic mass is 16.4. The average Bonchev–Trinajstić information content (AvgIpc) is 3.15. The van der Waals surface area contributed by atoms with E-state index < -0.39 is 24.1 Å². The van der Waals surface area contributed by atoms with E-state index in [2.05, 4.69) is 10.6 Å². The van der Waals surface area contributed by atoms with Gasteiger partial charge in [0.25, 0.3) is 0 Å². The van der Waals surface area contributed by atoms with Gasteiger partial charge >= 0.3 is 6.09 Å². The minimum Gasteiger partial charge on any atom is -0.508 e. The van der Waals surface area contributed by atoms with Crippen LogP contribution in [0.25, 0.3) is 0 Å². The van der Waals surface area contributed by atoms with Gasteiger partial charge < -0.3 is 25.3 Å². The molecule has 1 heterocycles. The van der Waals surface area contributed by atoms with Crippen LogP contribution in [0.15, 0.2) is 47.1 Å².